The van der Waals surface area contributed by atoms with Gasteiger partial charge in [0.2, 0.25) is 21.8 Å². The van der Waals surface area contributed by atoms with Crippen LogP contribution >= 0.6 is 11.6 Å². The van der Waals surface area contributed by atoms with Crippen LogP contribution in [0.2, 0.25) is 5.02 Å². The summed E-state index contributed by atoms with van der Waals surface area (Å²) < 4.78 is 26.5. The minimum Gasteiger partial charge on any atom is -0.350 e. The normalized spacial score (nSPS) is 12.7. The highest BCUT2D eigenvalue weighted by Crippen LogP contribution is 2.25. The summed E-state index contributed by atoms with van der Waals surface area (Å²) in [5.74, 6) is -0.494. The minimum atomic E-state index is -3.55. The number of nitrogens with one attached hydrogen (secondary N) is 1. The molecule has 0 bridgehead atoms. The molecule has 2 aromatic rings. The summed E-state index contributed by atoms with van der Waals surface area (Å²) in [6.07, 6.45) is 1.56. The molecule has 0 spiro atoms. The second-order valence-electron chi connectivity index (χ2n) is 10.3. The van der Waals surface area contributed by atoms with Gasteiger partial charge < -0.3 is 10.2 Å². The van der Waals surface area contributed by atoms with Crippen LogP contribution in [-0.2, 0) is 26.2 Å². The lowest BCUT2D eigenvalue weighted by Crippen LogP contribution is -2.52. The number of carbonyl (C=O) groups is 2. The van der Waals surface area contributed by atoms with Crippen LogP contribution in [0.25, 0.3) is 0 Å². The molecule has 0 heterocycles. The zero-order valence-electron chi connectivity index (χ0n) is 22.3. The molecule has 0 radical (unpaired) electrons. The Labute approximate surface area is 220 Å². The highest BCUT2D eigenvalue weighted by Gasteiger charge is 2.29. The van der Waals surface area contributed by atoms with Crippen LogP contribution in [-0.4, -0.2) is 49.5 Å². The Hall–Kier alpha value is -2.58. The molecule has 2 rings (SSSR count). The third kappa shape index (κ3) is 8.82. The first-order valence-corrected chi connectivity index (χ1v) is 14.2. The van der Waals surface area contributed by atoms with E-state index in [0.717, 1.165) is 16.7 Å². The average molecular weight is 536 g/mol. The summed E-state index contributed by atoms with van der Waals surface area (Å²) in [6.45, 7) is 11.5. The van der Waals surface area contributed by atoms with Gasteiger partial charge in [-0.3, -0.25) is 13.9 Å². The van der Waals surface area contributed by atoms with Crippen molar-refractivity contribution in [2.75, 3.05) is 17.1 Å². The number of anilines is 1. The maximum Gasteiger partial charge on any atom is 0.242 e. The van der Waals surface area contributed by atoms with Crippen LogP contribution in [0.4, 0.5) is 5.69 Å². The van der Waals surface area contributed by atoms with Crippen LogP contribution in [0.1, 0.15) is 57.2 Å². The predicted molar refractivity (Wildman–Crippen MR) is 147 cm³/mol. The summed E-state index contributed by atoms with van der Waals surface area (Å²) in [7, 11) is -3.55. The molecule has 2 aromatic carbocycles. The zero-order chi connectivity index (χ0) is 27.3. The van der Waals surface area contributed by atoms with Crippen molar-refractivity contribution >= 4 is 39.1 Å². The van der Waals surface area contributed by atoms with E-state index in [9.17, 15) is 18.0 Å². The Morgan fingerprint density at radius 3 is 2.33 bits per heavy atom. The largest absolute Gasteiger partial charge is 0.350 e. The molecule has 0 aliphatic carbocycles. The summed E-state index contributed by atoms with van der Waals surface area (Å²) in [5, 5.41) is 3.48. The van der Waals surface area contributed by atoms with Crippen LogP contribution in [0.3, 0.4) is 0 Å². The Morgan fingerprint density at radius 2 is 1.75 bits per heavy atom. The SMILES string of the molecule is Cc1ccc(C)c(N(CCCC(=O)N(Cc2cccc(Cl)c2)[C@H](C)C(=O)NC(C)(C)C)S(C)(=O)=O)c1. The fourth-order valence-electron chi connectivity index (χ4n) is 3.86. The number of halogens is 1. The molecule has 0 aliphatic heterocycles. The van der Waals surface area contributed by atoms with Crippen molar-refractivity contribution in [1.29, 1.82) is 0 Å². The molecular formula is C27H38ClN3O4S. The third-order valence-corrected chi connectivity index (χ3v) is 7.11. The molecule has 1 N–H and O–H groups in total. The second-order valence-corrected chi connectivity index (χ2v) is 12.6. The van der Waals surface area contributed by atoms with Gasteiger partial charge in [-0.1, -0.05) is 35.9 Å². The lowest BCUT2D eigenvalue weighted by atomic mass is 10.1. The minimum absolute atomic E-state index is 0.0879. The number of nitrogens with zero attached hydrogens (tertiary/aromatic N) is 2. The molecular weight excluding hydrogens is 498 g/mol. The quantitative estimate of drug-likeness (QED) is 0.472. The number of rotatable bonds is 10. The van der Waals surface area contributed by atoms with Crippen LogP contribution in [0.5, 0.6) is 0 Å². The zero-order valence-corrected chi connectivity index (χ0v) is 23.8. The number of sulfonamides is 1. The first kappa shape index (κ1) is 29.6. The molecule has 198 valence electrons. The third-order valence-electron chi connectivity index (χ3n) is 5.69. The van der Waals surface area contributed by atoms with Crippen molar-refractivity contribution in [2.24, 2.45) is 0 Å². The molecule has 0 aliphatic rings. The maximum atomic E-state index is 13.4. The standard InChI is InChI=1S/C27H38ClN3O4S/c1-19-13-14-20(2)24(16-19)31(36(7,34)35)15-9-12-25(32)30(18-22-10-8-11-23(28)17-22)21(3)26(33)29-27(4,5)6/h8,10-11,13-14,16-17,21H,9,12,15,18H2,1-7H3,(H,29,33)/t21-/m1/s1. The maximum absolute atomic E-state index is 13.4. The number of hydrogen-bond acceptors (Lipinski definition) is 4. The Bertz CT molecular complexity index is 1190. The van der Waals surface area contributed by atoms with Gasteiger partial charge in [0.1, 0.15) is 6.04 Å². The van der Waals surface area contributed by atoms with Gasteiger partial charge in [0.15, 0.2) is 0 Å². The van der Waals surface area contributed by atoms with Crippen LogP contribution in [0.15, 0.2) is 42.5 Å². The fraction of sp³-hybridized carbons (Fsp3) is 0.481. The predicted octanol–water partition coefficient (Wildman–Crippen LogP) is 4.84. The molecule has 7 nitrogen and oxygen atoms in total. The summed E-state index contributed by atoms with van der Waals surface area (Å²) >= 11 is 6.14. The van der Waals surface area contributed by atoms with Crippen molar-refractivity contribution in [3.8, 4) is 0 Å². The first-order valence-electron chi connectivity index (χ1n) is 12.0. The second kappa shape index (κ2) is 12.1. The van der Waals surface area contributed by atoms with Gasteiger partial charge in [0, 0.05) is 30.1 Å². The van der Waals surface area contributed by atoms with Crippen molar-refractivity contribution < 1.29 is 18.0 Å². The van der Waals surface area contributed by atoms with Crippen molar-refractivity contribution in [1.82, 2.24) is 10.2 Å². The lowest BCUT2D eigenvalue weighted by molar-refractivity contribution is -0.141. The highest BCUT2D eigenvalue weighted by molar-refractivity contribution is 7.92. The van der Waals surface area contributed by atoms with E-state index in [0.29, 0.717) is 17.1 Å². The average Bonchev–Trinajstić information content (AvgIpc) is 2.74. The van der Waals surface area contributed by atoms with E-state index in [1.54, 1.807) is 25.1 Å². The number of hydrogen-bond donors (Lipinski definition) is 1. The van der Waals surface area contributed by atoms with E-state index in [-0.39, 0.29) is 31.3 Å². The Balaban J connectivity index is 2.23. The van der Waals surface area contributed by atoms with Gasteiger partial charge in [-0.2, -0.15) is 0 Å². The molecule has 0 fully saturated rings. The van der Waals surface area contributed by atoms with Gasteiger partial charge in [-0.15, -0.1) is 0 Å². The number of benzene rings is 2. The van der Waals surface area contributed by atoms with Gasteiger partial charge in [0.05, 0.1) is 11.9 Å². The number of amides is 2. The van der Waals surface area contributed by atoms with E-state index in [1.807, 2.05) is 58.9 Å². The lowest BCUT2D eigenvalue weighted by Gasteiger charge is -2.32. The van der Waals surface area contributed by atoms with Gasteiger partial charge in [-0.05, 0) is 82.9 Å². The monoisotopic (exact) mass is 535 g/mol. The van der Waals surface area contributed by atoms with Gasteiger partial charge in [0.25, 0.3) is 0 Å². The van der Waals surface area contributed by atoms with Crippen LogP contribution in [0, 0.1) is 13.8 Å². The molecule has 9 heteroatoms. The summed E-state index contributed by atoms with van der Waals surface area (Å²) in [6, 6.07) is 12.1. The van der Waals surface area contributed by atoms with E-state index < -0.39 is 21.6 Å². The van der Waals surface area contributed by atoms with E-state index in [2.05, 4.69) is 5.32 Å². The van der Waals surface area contributed by atoms with Gasteiger partial charge >= 0.3 is 0 Å². The fourth-order valence-corrected chi connectivity index (χ4v) is 5.09. The molecule has 2 amide bonds. The summed E-state index contributed by atoms with van der Waals surface area (Å²) in [5.41, 5.74) is 2.76. The molecule has 0 saturated heterocycles. The van der Waals surface area contributed by atoms with E-state index in [4.69, 9.17) is 11.6 Å². The Morgan fingerprint density at radius 1 is 1.08 bits per heavy atom. The van der Waals surface area contributed by atoms with E-state index in [1.165, 1.54) is 15.5 Å². The smallest absolute Gasteiger partial charge is 0.242 e. The molecule has 0 unspecified atom stereocenters. The molecule has 0 saturated carbocycles. The highest BCUT2D eigenvalue weighted by atomic mass is 35.5. The topological polar surface area (TPSA) is 86.8 Å². The molecule has 0 aromatic heterocycles. The molecule has 36 heavy (non-hydrogen) atoms. The molecule has 1 atom stereocenters. The number of aryl methyl sites for hydroxylation is 2. The van der Waals surface area contributed by atoms with Crippen molar-refractivity contribution in [3.05, 3.63) is 64.2 Å². The van der Waals surface area contributed by atoms with Crippen LogP contribution < -0.4 is 9.62 Å². The first-order chi connectivity index (χ1) is 16.6. The van der Waals surface area contributed by atoms with Crippen molar-refractivity contribution in [3.63, 3.8) is 0 Å². The number of carbonyl (C=O) groups excluding carboxylic acids is 2. The summed E-state index contributed by atoms with van der Waals surface area (Å²) in [4.78, 5) is 27.8. The Kier molecular flexibility index (Phi) is 9.97. The van der Waals surface area contributed by atoms with Gasteiger partial charge in [-0.25, -0.2) is 8.42 Å². The van der Waals surface area contributed by atoms with Crippen molar-refractivity contribution in [2.45, 2.75) is 72.5 Å². The van der Waals surface area contributed by atoms with E-state index >= 15 is 0 Å².